The van der Waals surface area contributed by atoms with Gasteiger partial charge in [0.15, 0.2) is 0 Å². The Morgan fingerprint density at radius 2 is 1.45 bits per heavy atom. The Labute approximate surface area is 175 Å². The van der Waals surface area contributed by atoms with Crippen LogP contribution in [0.5, 0.6) is 0 Å². The van der Waals surface area contributed by atoms with Crippen molar-refractivity contribution >= 4 is 29.0 Å². The Bertz CT molecular complexity index is 784. The largest absolute Gasteiger partial charge is 0.379 e. The fourth-order valence-corrected chi connectivity index (χ4v) is 4.13. The molecule has 0 unspecified atom stereocenters. The van der Waals surface area contributed by atoms with E-state index in [9.17, 15) is 9.59 Å². The Kier molecular flexibility index (Phi) is 6.50. The summed E-state index contributed by atoms with van der Waals surface area (Å²) in [6, 6.07) is 7.11. The normalized spacial score (nSPS) is 21.4. The lowest BCUT2D eigenvalue weighted by Crippen LogP contribution is -2.41. The van der Waals surface area contributed by atoms with Crippen molar-refractivity contribution in [3.8, 4) is 0 Å². The van der Waals surface area contributed by atoms with E-state index in [0.29, 0.717) is 49.1 Å². The van der Waals surface area contributed by atoms with E-state index in [-0.39, 0.29) is 11.8 Å². The second kappa shape index (κ2) is 9.26. The van der Waals surface area contributed by atoms with Gasteiger partial charge in [0.1, 0.15) is 5.70 Å². The van der Waals surface area contributed by atoms with E-state index in [1.165, 1.54) is 4.90 Å². The smallest absolute Gasteiger partial charge is 0.277 e. The van der Waals surface area contributed by atoms with Crippen LogP contribution in [0.15, 0.2) is 30.0 Å². The highest BCUT2D eigenvalue weighted by molar-refractivity contribution is 6.36. The molecule has 3 aliphatic heterocycles. The number of hydrogen-bond donors (Lipinski definition) is 0. The van der Waals surface area contributed by atoms with Crippen LogP contribution in [-0.4, -0.2) is 92.2 Å². The molecular formula is C21H26ClN3O4. The summed E-state index contributed by atoms with van der Waals surface area (Å²) in [5.74, 6) is -0.426. The number of rotatable bonds is 6. The zero-order chi connectivity index (χ0) is 20.2. The van der Waals surface area contributed by atoms with Gasteiger partial charge in [-0.15, -0.1) is 0 Å². The first kappa shape index (κ1) is 20.3. The quantitative estimate of drug-likeness (QED) is 0.651. The molecule has 7 nitrogen and oxygen atoms in total. The van der Waals surface area contributed by atoms with Gasteiger partial charge in [0.25, 0.3) is 11.8 Å². The van der Waals surface area contributed by atoms with E-state index < -0.39 is 0 Å². The van der Waals surface area contributed by atoms with Gasteiger partial charge in [0, 0.05) is 44.3 Å². The molecule has 1 aromatic rings. The number of morpholine rings is 2. The molecule has 0 radical (unpaired) electrons. The summed E-state index contributed by atoms with van der Waals surface area (Å²) < 4.78 is 10.8. The summed E-state index contributed by atoms with van der Waals surface area (Å²) in [4.78, 5) is 32.2. The number of carbonyl (C=O) groups is 2. The van der Waals surface area contributed by atoms with E-state index in [2.05, 4.69) is 4.90 Å². The van der Waals surface area contributed by atoms with Crippen LogP contribution >= 0.6 is 11.6 Å². The summed E-state index contributed by atoms with van der Waals surface area (Å²) in [6.45, 7) is 6.86. The highest BCUT2D eigenvalue weighted by atomic mass is 35.5. The topological polar surface area (TPSA) is 62.3 Å². The van der Waals surface area contributed by atoms with Gasteiger partial charge >= 0.3 is 0 Å². The average molecular weight is 420 g/mol. The molecule has 3 heterocycles. The molecule has 0 saturated carbocycles. The van der Waals surface area contributed by atoms with Gasteiger partial charge in [0.2, 0.25) is 0 Å². The van der Waals surface area contributed by atoms with Crippen molar-refractivity contribution in [3.05, 3.63) is 40.5 Å². The summed E-state index contributed by atoms with van der Waals surface area (Å²) in [5, 5.41) is 0.599. The molecule has 4 rings (SSSR count). The molecule has 2 amide bonds. The van der Waals surface area contributed by atoms with Gasteiger partial charge in [-0.25, -0.2) is 0 Å². The standard InChI is InChI=1S/C21H26ClN3O4/c22-17-4-2-16(3-5-17)18-19(24-10-14-29-15-11-24)21(27)25(20(18)26)7-1-6-23-8-12-28-13-9-23/h2-5H,1,6-15H2. The maximum absolute atomic E-state index is 13.3. The highest BCUT2D eigenvalue weighted by Crippen LogP contribution is 2.32. The molecule has 0 bridgehead atoms. The maximum atomic E-state index is 13.3. The zero-order valence-corrected chi connectivity index (χ0v) is 17.2. The summed E-state index contributed by atoms with van der Waals surface area (Å²) in [5.41, 5.74) is 1.69. The Morgan fingerprint density at radius 1 is 0.828 bits per heavy atom. The van der Waals surface area contributed by atoms with Gasteiger partial charge < -0.3 is 14.4 Å². The van der Waals surface area contributed by atoms with Crippen molar-refractivity contribution in [1.29, 1.82) is 0 Å². The molecule has 3 aliphatic rings. The fraction of sp³-hybridized carbons (Fsp3) is 0.524. The number of carbonyl (C=O) groups excluding carboxylic acids is 2. The van der Waals surface area contributed by atoms with Crippen molar-refractivity contribution in [1.82, 2.24) is 14.7 Å². The lowest BCUT2D eigenvalue weighted by Gasteiger charge is -2.30. The first-order valence-corrected chi connectivity index (χ1v) is 10.5. The van der Waals surface area contributed by atoms with E-state index >= 15 is 0 Å². The van der Waals surface area contributed by atoms with Gasteiger partial charge in [-0.05, 0) is 24.1 Å². The van der Waals surface area contributed by atoms with Gasteiger partial charge in [-0.3, -0.25) is 19.4 Å². The number of nitrogens with zero attached hydrogens (tertiary/aromatic N) is 3. The number of hydrogen-bond acceptors (Lipinski definition) is 6. The molecule has 2 saturated heterocycles. The van der Waals surface area contributed by atoms with Crippen molar-refractivity contribution in [2.75, 3.05) is 65.7 Å². The highest BCUT2D eigenvalue weighted by Gasteiger charge is 2.41. The van der Waals surface area contributed by atoms with Gasteiger partial charge in [-0.2, -0.15) is 0 Å². The van der Waals surface area contributed by atoms with Crippen LogP contribution in [0.25, 0.3) is 5.57 Å². The maximum Gasteiger partial charge on any atom is 0.277 e. The molecule has 2 fully saturated rings. The van der Waals surface area contributed by atoms with Crippen LogP contribution in [0.1, 0.15) is 12.0 Å². The van der Waals surface area contributed by atoms with Crippen LogP contribution in [0, 0.1) is 0 Å². The minimum atomic E-state index is -0.221. The van der Waals surface area contributed by atoms with Gasteiger partial charge in [-0.1, -0.05) is 23.7 Å². The summed E-state index contributed by atoms with van der Waals surface area (Å²) in [6.07, 6.45) is 0.752. The summed E-state index contributed by atoms with van der Waals surface area (Å²) in [7, 11) is 0. The molecule has 8 heteroatoms. The third-order valence-corrected chi connectivity index (χ3v) is 5.82. The fourth-order valence-electron chi connectivity index (χ4n) is 4.00. The van der Waals surface area contributed by atoms with Crippen LogP contribution < -0.4 is 0 Å². The number of imide groups is 1. The Balaban J connectivity index is 1.53. The Hall–Kier alpha value is -1.93. The van der Waals surface area contributed by atoms with Crippen molar-refractivity contribution in [2.45, 2.75) is 6.42 Å². The minimum Gasteiger partial charge on any atom is -0.379 e. The molecule has 29 heavy (non-hydrogen) atoms. The molecule has 0 N–H and O–H groups in total. The second-order valence-electron chi connectivity index (χ2n) is 7.40. The second-order valence-corrected chi connectivity index (χ2v) is 7.84. The van der Waals surface area contributed by atoms with E-state index in [1.807, 2.05) is 4.90 Å². The molecule has 0 aliphatic carbocycles. The number of benzene rings is 1. The molecule has 0 atom stereocenters. The number of ether oxygens (including phenoxy) is 2. The van der Waals surface area contributed by atoms with Crippen LogP contribution in [0.3, 0.4) is 0 Å². The number of amides is 2. The predicted octanol–water partition coefficient (Wildman–Crippen LogP) is 1.47. The van der Waals surface area contributed by atoms with Crippen molar-refractivity contribution in [2.24, 2.45) is 0 Å². The SMILES string of the molecule is O=C1C(c2ccc(Cl)cc2)=C(N2CCOCC2)C(=O)N1CCCN1CCOCC1. The van der Waals surface area contributed by atoms with Crippen LogP contribution in [0.2, 0.25) is 5.02 Å². The molecule has 156 valence electrons. The van der Waals surface area contributed by atoms with Crippen molar-refractivity contribution in [3.63, 3.8) is 0 Å². The predicted molar refractivity (Wildman–Crippen MR) is 109 cm³/mol. The lowest BCUT2D eigenvalue weighted by molar-refractivity contribution is -0.138. The zero-order valence-electron chi connectivity index (χ0n) is 16.4. The molecule has 1 aromatic carbocycles. The van der Waals surface area contributed by atoms with E-state index in [4.69, 9.17) is 21.1 Å². The monoisotopic (exact) mass is 419 g/mol. The Morgan fingerprint density at radius 3 is 2.10 bits per heavy atom. The lowest BCUT2D eigenvalue weighted by atomic mass is 10.0. The van der Waals surface area contributed by atoms with Crippen LogP contribution in [-0.2, 0) is 19.1 Å². The van der Waals surface area contributed by atoms with E-state index in [1.54, 1.807) is 24.3 Å². The number of halogens is 1. The third kappa shape index (κ3) is 4.48. The average Bonchev–Trinajstić information content (AvgIpc) is 3.00. The molecule has 0 aromatic heterocycles. The van der Waals surface area contributed by atoms with Crippen molar-refractivity contribution < 1.29 is 19.1 Å². The third-order valence-electron chi connectivity index (χ3n) is 5.56. The van der Waals surface area contributed by atoms with E-state index in [0.717, 1.165) is 44.8 Å². The first-order valence-electron chi connectivity index (χ1n) is 10.1. The van der Waals surface area contributed by atoms with Crippen LogP contribution in [0.4, 0.5) is 0 Å². The molecular weight excluding hydrogens is 394 g/mol. The first-order chi connectivity index (χ1) is 14.1. The minimum absolute atomic E-state index is 0.205. The molecule has 0 spiro atoms. The summed E-state index contributed by atoms with van der Waals surface area (Å²) >= 11 is 6.02. The van der Waals surface area contributed by atoms with Gasteiger partial charge in [0.05, 0.1) is 32.0 Å².